The van der Waals surface area contributed by atoms with Crippen LogP contribution in [0.1, 0.15) is 5.56 Å². The number of nitrogens with one attached hydrogen (secondary N) is 1. The van der Waals surface area contributed by atoms with Crippen LogP contribution in [-0.4, -0.2) is 33.7 Å². The van der Waals surface area contributed by atoms with E-state index in [1.807, 2.05) is 31.1 Å². The van der Waals surface area contributed by atoms with Crippen LogP contribution in [0.3, 0.4) is 0 Å². The first kappa shape index (κ1) is 18.6. The number of fused-ring (bicyclic) bond motifs is 1. The number of aromatic hydroxyl groups is 1. The number of anilines is 2. The molecule has 0 bridgehead atoms. The molecule has 0 radical (unpaired) electrons. The van der Waals surface area contributed by atoms with Crippen molar-refractivity contribution in [2.24, 2.45) is 7.05 Å². The molecular formula is C24H24N4O. The van der Waals surface area contributed by atoms with Crippen LogP contribution in [0, 0.1) is 0 Å². The van der Waals surface area contributed by atoms with E-state index in [4.69, 9.17) is 0 Å². The fraction of sp³-hybridized carbons (Fsp3) is 0.125. The maximum absolute atomic E-state index is 9.72. The number of pyridine rings is 1. The first-order valence-electron chi connectivity index (χ1n) is 9.41. The SMILES string of the molecule is C=C(c1ccc(-c2cc3c(Nc4cccc(O)c4)nccc3n2C)cc1)N(C)C. The molecule has 0 amide bonds. The molecule has 2 N–H and O–H groups in total. The lowest BCUT2D eigenvalue weighted by Crippen LogP contribution is -2.08. The van der Waals surface area contributed by atoms with Crippen LogP contribution in [0.5, 0.6) is 5.75 Å². The Morgan fingerprint density at radius 2 is 1.83 bits per heavy atom. The van der Waals surface area contributed by atoms with Crippen LogP contribution < -0.4 is 5.32 Å². The third kappa shape index (κ3) is 3.55. The van der Waals surface area contributed by atoms with Crippen LogP contribution in [0.25, 0.3) is 27.9 Å². The molecule has 146 valence electrons. The summed E-state index contributed by atoms with van der Waals surface area (Å²) in [5, 5.41) is 14.1. The summed E-state index contributed by atoms with van der Waals surface area (Å²) in [6, 6.07) is 19.6. The molecule has 4 aromatic rings. The summed E-state index contributed by atoms with van der Waals surface area (Å²) < 4.78 is 2.17. The molecule has 0 fully saturated rings. The summed E-state index contributed by atoms with van der Waals surface area (Å²) >= 11 is 0. The van der Waals surface area contributed by atoms with Crippen molar-refractivity contribution in [2.75, 3.05) is 19.4 Å². The van der Waals surface area contributed by atoms with E-state index in [0.29, 0.717) is 0 Å². The number of benzene rings is 2. The largest absolute Gasteiger partial charge is 0.508 e. The number of rotatable bonds is 5. The number of hydrogen-bond donors (Lipinski definition) is 2. The van der Waals surface area contributed by atoms with Crippen molar-refractivity contribution in [3.8, 4) is 17.0 Å². The highest BCUT2D eigenvalue weighted by Crippen LogP contribution is 2.32. The Bertz CT molecular complexity index is 1190. The Labute approximate surface area is 170 Å². The highest BCUT2D eigenvalue weighted by Gasteiger charge is 2.13. The number of phenolic OH excluding ortho intramolecular Hbond substituents is 1. The summed E-state index contributed by atoms with van der Waals surface area (Å²) in [6.07, 6.45) is 1.79. The number of hydrogen-bond acceptors (Lipinski definition) is 4. The van der Waals surface area contributed by atoms with E-state index in [0.717, 1.165) is 44.9 Å². The molecule has 0 aliphatic rings. The minimum Gasteiger partial charge on any atom is -0.508 e. The fourth-order valence-electron chi connectivity index (χ4n) is 3.45. The van der Waals surface area contributed by atoms with Gasteiger partial charge in [0.2, 0.25) is 0 Å². The van der Waals surface area contributed by atoms with Crippen LogP contribution in [0.15, 0.2) is 73.4 Å². The standard InChI is InChI=1S/C24H24N4O/c1-16(27(2)3)17-8-10-18(11-9-17)23-15-21-22(28(23)4)12-13-25-24(21)26-19-6-5-7-20(29)14-19/h5-15,29H,1H2,2-4H3,(H,25,26). The first-order valence-corrected chi connectivity index (χ1v) is 9.41. The Morgan fingerprint density at radius 3 is 2.52 bits per heavy atom. The van der Waals surface area contributed by atoms with E-state index in [-0.39, 0.29) is 5.75 Å². The van der Waals surface area contributed by atoms with Gasteiger partial charge in [-0.2, -0.15) is 0 Å². The van der Waals surface area contributed by atoms with Crippen molar-refractivity contribution in [1.29, 1.82) is 0 Å². The van der Waals surface area contributed by atoms with Gasteiger partial charge in [-0.3, -0.25) is 0 Å². The van der Waals surface area contributed by atoms with Gasteiger partial charge in [-0.15, -0.1) is 0 Å². The lowest BCUT2D eigenvalue weighted by Gasteiger charge is -2.16. The van der Waals surface area contributed by atoms with Gasteiger partial charge in [0.1, 0.15) is 11.6 Å². The van der Waals surface area contributed by atoms with Crippen molar-refractivity contribution in [1.82, 2.24) is 14.5 Å². The molecule has 4 rings (SSSR count). The number of phenols is 1. The Morgan fingerprint density at radius 1 is 1.07 bits per heavy atom. The van der Waals surface area contributed by atoms with Gasteiger partial charge in [-0.25, -0.2) is 4.98 Å². The van der Waals surface area contributed by atoms with Gasteiger partial charge in [0, 0.05) is 55.9 Å². The van der Waals surface area contributed by atoms with Crippen molar-refractivity contribution in [3.05, 3.63) is 79.0 Å². The van der Waals surface area contributed by atoms with Gasteiger partial charge in [-0.1, -0.05) is 36.9 Å². The molecule has 2 aromatic heterocycles. The van der Waals surface area contributed by atoms with Crippen molar-refractivity contribution >= 4 is 28.1 Å². The van der Waals surface area contributed by atoms with E-state index in [1.165, 1.54) is 0 Å². The van der Waals surface area contributed by atoms with Gasteiger partial charge in [0.25, 0.3) is 0 Å². The zero-order valence-corrected chi connectivity index (χ0v) is 16.8. The van der Waals surface area contributed by atoms with Crippen LogP contribution in [0.2, 0.25) is 0 Å². The van der Waals surface area contributed by atoms with Crippen molar-refractivity contribution in [2.45, 2.75) is 0 Å². The predicted octanol–water partition coefficient (Wildman–Crippen LogP) is 5.22. The molecule has 0 aliphatic carbocycles. The summed E-state index contributed by atoms with van der Waals surface area (Å²) in [4.78, 5) is 6.52. The lowest BCUT2D eigenvalue weighted by molar-refractivity contribution is 0.475. The molecule has 29 heavy (non-hydrogen) atoms. The van der Waals surface area contributed by atoms with E-state index < -0.39 is 0 Å². The fourth-order valence-corrected chi connectivity index (χ4v) is 3.45. The number of aromatic nitrogens is 2. The molecule has 0 atom stereocenters. The van der Waals surface area contributed by atoms with E-state index in [2.05, 4.69) is 58.8 Å². The Hall–Kier alpha value is -3.73. The predicted molar refractivity (Wildman–Crippen MR) is 120 cm³/mol. The summed E-state index contributed by atoms with van der Waals surface area (Å²) in [5.41, 5.74) is 6.19. The summed E-state index contributed by atoms with van der Waals surface area (Å²) in [6.45, 7) is 4.12. The molecule has 0 aliphatic heterocycles. The number of nitrogens with zero attached hydrogens (tertiary/aromatic N) is 3. The van der Waals surface area contributed by atoms with E-state index in [9.17, 15) is 5.11 Å². The topological polar surface area (TPSA) is 53.3 Å². The average molecular weight is 384 g/mol. The second-order valence-electron chi connectivity index (χ2n) is 7.27. The molecular weight excluding hydrogens is 360 g/mol. The van der Waals surface area contributed by atoms with E-state index in [1.54, 1.807) is 24.4 Å². The Balaban J connectivity index is 1.73. The molecule has 2 heterocycles. The highest BCUT2D eigenvalue weighted by atomic mass is 16.3. The van der Waals surface area contributed by atoms with Crippen molar-refractivity contribution < 1.29 is 5.11 Å². The molecule has 0 spiro atoms. The van der Waals surface area contributed by atoms with Crippen LogP contribution >= 0.6 is 0 Å². The lowest BCUT2D eigenvalue weighted by atomic mass is 10.1. The molecule has 0 saturated carbocycles. The highest BCUT2D eigenvalue weighted by molar-refractivity contribution is 5.96. The molecule has 0 unspecified atom stereocenters. The van der Waals surface area contributed by atoms with Crippen molar-refractivity contribution in [3.63, 3.8) is 0 Å². The second kappa shape index (κ2) is 7.36. The normalized spacial score (nSPS) is 10.9. The van der Waals surface area contributed by atoms with Gasteiger partial charge in [0.15, 0.2) is 0 Å². The van der Waals surface area contributed by atoms with Crippen LogP contribution in [-0.2, 0) is 7.05 Å². The molecule has 5 nitrogen and oxygen atoms in total. The van der Waals surface area contributed by atoms with Gasteiger partial charge >= 0.3 is 0 Å². The maximum Gasteiger partial charge on any atom is 0.139 e. The average Bonchev–Trinajstić information content (AvgIpc) is 3.05. The molecule has 2 aromatic carbocycles. The molecule has 0 saturated heterocycles. The first-order chi connectivity index (χ1) is 13.9. The molecule has 5 heteroatoms. The monoisotopic (exact) mass is 384 g/mol. The Kier molecular flexibility index (Phi) is 4.72. The third-order valence-corrected chi connectivity index (χ3v) is 5.13. The zero-order valence-electron chi connectivity index (χ0n) is 16.8. The smallest absolute Gasteiger partial charge is 0.139 e. The van der Waals surface area contributed by atoms with Gasteiger partial charge in [0.05, 0.1) is 5.52 Å². The van der Waals surface area contributed by atoms with Crippen LogP contribution in [0.4, 0.5) is 11.5 Å². The quantitative estimate of drug-likeness (QED) is 0.495. The van der Waals surface area contributed by atoms with Gasteiger partial charge in [-0.05, 0) is 35.4 Å². The van der Waals surface area contributed by atoms with Gasteiger partial charge < -0.3 is 19.9 Å². The summed E-state index contributed by atoms with van der Waals surface area (Å²) in [5.74, 6) is 0.975. The third-order valence-electron chi connectivity index (χ3n) is 5.13. The second-order valence-corrected chi connectivity index (χ2v) is 7.27. The van der Waals surface area contributed by atoms with E-state index >= 15 is 0 Å². The maximum atomic E-state index is 9.72. The zero-order chi connectivity index (χ0) is 20.5. The minimum absolute atomic E-state index is 0.218. The summed E-state index contributed by atoms with van der Waals surface area (Å²) in [7, 11) is 6.05. The minimum atomic E-state index is 0.218. The number of aryl methyl sites for hydroxylation is 1.